The predicted octanol–water partition coefficient (Wildman–Crippen LogP) is 2.40. The molecule has 1 heterocycles. The van der Waals surface area contributed by atoms with Crippen molar-refractivity contribution in [3.05, 3.63) is 30.1 Å². The molecule has 5 nitrogen and oxygen atoms in total. The molecule has 1 aromatic carbocycles. The molecule has 0 saturated heterocycles. The van der Waals surface area contributed by atoms with Gasteiger partial charge in [-0.3, -0.25) is 0 Å². The third-order valence-electron chi connectivity index (χ3n) is 3.11. The first kappa shape index (κ1) is 16.7. The second-order valence-electron chi connectivity index (χ2n) is 4.56. The zero-order chi connectivity index (χ0) is 13.7. The summed E-state index contributed by atoms with van der Waals surface area (Å²) < 4.78 is 2.05. The summed E-state index contributed by atoms with van der Waals surface area (Å²) in [5, 5.41) is 3.10. The number of nitrogens with two attached hydrogens (primary N) is 1. The molecular formula is C14H22IN5. The molecule has 6 heteroatoms. The zero-order valence-corrected chi connectivity index (χ0v) is 14.3. The number of guanidine groups is 1. The summed E-state index contributed by atoms with van der Waals surface area (Å²) in [5.74, 6) is 1.40. The molecule has 0 spiro atoms. The maximum absolute atomic E-state index is 5.81. The fourth-order valence-corrected chi connectivity index (χ4v) is 1.94. The van der Waals surface area contributed by atoms with Crippen molar-refractivity contribution in [2.75, 3.05) is 6.54 Å². The van der Waals surface area contributed by atoms with Crippen molar-refractivity contribution < 1.29 is 0 Å². The van der Waals surface area contributed by atoms with Crippen molar-refractivity contribution in [2.24, 2.45) is 17.8 Å². The number of rotatable bonds is 5. The summed E-state index contributed by atoms with van der Waals surface area (Å²) in [4.78, 5) is 8.88. The largest absolute Gasteiger partial charge is 0.370 e. The fourth-order valence-electron chi connectivity index (χ4n) is 1.94. The summed E-state index contributed by atoms with van der Waals surface area (Å²) in [6, 6.07) is 8.06. The second-order valence-corrected chi connectivity index (χ2v) is 4.56. The van der Waals surface area contributed by atoms with Gasteiger partial charge in [0.05, 0.1) is 11.0 Å². The Bertz CT molecular complexity index is 576. The van der Waals surface area contributed by atoms with Gasteiger partial charge in [0.2, 0.25) is 0 Å². The standard InChI is InChI=1S/C14H21N5.HI/c1-3-4-9-16-14(15)17-10-13-18-11-7-5-6-8-12(11)19(13)2;/h5-8H,3-4,9-10H2,1-2H3,(H3,15,16,17);1H. The molecule has 0 radical (unpaired) electrons. The Balaban J connectivity index is 0.00000200. The molecule has 0 aliphatic carbocycles. The van der Waals surface area contributed by atoms with Crippen molar-refractivity contribution in [2.45, 2.75) is 26.3 Å². The van der Waals surface area contributed by atoms with Gasteiger partial charge in [-0.15, -0.1) is 24.0 Å². The van der Waals surface area contributed by atoms with Crippen LogP contribution in [0.25, 0.3) is 11.0 Å². The van der Waals surface area contributed by atoms with Gasteiger partial charge in [-0.1, -0.05) is 25.5 Å². The minimum absolute atomic E-state index is 0. The van der Waals surface area contributed by atoms with Gasteiger partial charge in [-0.25, -0.2) is 9.98 Å². The number of imidazole rings is 1. The number of hydrogen-bond donors (Lipinski definition) is 2. The van der Waals surface area contributed by atoms with Gasteiger partial charge in [0, 0.05) is 13.6 Å². The molecule has 0 amide bonds. The summed E-state index contributed by atoms with van der Waals surface area (Å²) in [6.45, 7) is 3.51. The number of nitrogens with zero attached hydrogens (tertiary/aromatic N) is 3. The SMILES string of the molecule is CCCCNC(N)=NCc1nc2ccccc2n1C.I. The van der Waals surface area contributed by atoms with Crippen LogP contribution in [0.5, 0.6) is 0 Å². The van der Waals surface area contributed by atoms with E-state index < -0.39 is 0 Å². The second kappa shape index (κ2) is 8.08. The first-order valence-electron chi connectivity index (χ1n) is 6.66. The molecule has 0 aliphatic heterocycles. The van der Waals surface area contributed by atoms with Crippen LogP contribution in [0.15, 0.2) is 29.3 Å². The van der Waals surface area contributed by atoms with E-state index in [0.717, 1.165) is 36.2 Å². The smallest absolute Gasteiger partial charge is 0.189 e. The first-order chi connectivity index (χ1) is 9.22. The Morgan fingerprint density at radius 3 is 2.85 bits per heavy atom. The molecule has 20 heavy (non-hydrogen) atoms. The normalized spacial score (nSPS) is 11.4. The van der Waals surface area contributed by atoms with Crippen LogP contribution in [0, 0.1) is 0 Å². The molecule has 0 atom stereocenters. The molecule has 2 aromatic rings. The Labute approximate surface area is 136 Å². The molecule has 0 saturated carbocycles. The quantitative estimate of drug-likeness (QED) is 0.358. The van der Waals surface area contributed by atoms with Gasteiger partial charge < -0.3 is 15.6 Å². The van der Waals surface area contributed by atoms with E-state index in [1.54, 1.807) is 0 Å². The lowest BCUT2D eigenvalue weighted by molar-refractivity contribution is 0.743. The number of fused-ring (bicyclic) bond motifs is 1. The number of nitrogens with one attached hydrogen (secondary N) is 1. The van der Waals surface area contributed by atoms with Gasteiger partial charge in [0.1, 0.15) is 12.4 Å². The molecule has 3 N–H and O–H groups in total. The highest BCUT2D eigenvalue weighted by Crippen LogP contribution is 2.14. The molecule has 0 unspecified atom stereocenters. The van der Waals surface area contributed by atoms with Crippen molar-refractivity contribution in [3.8, 4) is 0 Å². The maximum atomic E-state index is 5.81. The molecule has 0 bridgehead atoms. The molecule has 1 aromatic heterocycles. The highest BCUT2D eigenvalue weighted by molar-refractivity contribution is 14.0. The van der Waals surface area contributed by atoms with E-state index in [4.69, 9.17) is 5.73 Å². The Kier molecular flexibility index (Phi) is 6.77. The van der Waals surface area contributed by atoms with Crippen molar-refractivity contribution in [1.29, 1.82) is 0 Å². The van der Waals surface area contributed by atoms with Crippen LogP contribution in [0.2, 0.25) is 0 Å². The number of aryl methyl sites for hydroxylation is 1. The van der Waals surface area contributed by atoms with Crippen LogP contribution >= 0.6 is 24.0 Å². The summed E-state index contributed by atoms with van der Waals surface area (Å²) in [5.41, 5.74) is 7.92. The molecular weight excluding hydrogens is 365 g/mol. The number of hydrogen-bond acceptors (Lipinski definition) is 2. The Hall–Kier alpha value is -1.31. The number of benzene rings is 1. The topological polar surface area (TPSA) is 68.2 Å². The summed E-state index contributed by atoms with van der Waals surface area (Å²) >= 11 is 0. The number of halogens is 1. The molecule has 0 aliphatic rings. The third-order valence-corrected chi connectivity index (χ3v) is 3.11. The van der Waals surface area contributed by atoms with Gasteiger partial charge >= 0.3 is 0 Å². The number of unbranched alkanes of at least 4 members (excludes halogenated alkanes) is 1. The van der Waals surface area contributed by atoms with E-state index in [2.05, 4.69) is 32.9 Å². The highest BCUT2D eigenvalue weighted by Gasteiger charge is 2.05. The van der Waals surface area contributed by atoms with Crippen LogP contribution in [0.1, 0.15) is 25.6 Å². The van der Waals surface area contributed by atoms with E-state index in [1.165, 1.54) is 0 Å². The van der Waals surface area contributed by atoms with E-state index in [1.807, 2.05) is 25.2 Å². The average molecular weight is 387 g/mol. The molecule has 2 rings (SSSR count). The minimum atomic E-state index is 0. The van der Waals surface area contributed by atoms with Gasteiger partial charge in [0.15, 0.2) is 5.96 Å². The van der Waals surface area contributed by atoms with Gasteiger partial charge in [-0.05, 0) is 18.6 Å². The van der Waals surface area contributed by atoms with E-state index in [9.17, 15) is 0 Å². The number of aromatic nitrogens is 2. The van der Waals surface area contributed by atoms with Crippen LogP contribution in [-0.2, 0) is 13.6 Å². The van der Waals surface area contributed by atoms with Crippen molar-refractivity contribution in [1.82, 2.24) is 14.9 Å². The molecule has 110 valence electrons. The van der Waals surface area contributed by atoms with E-state index >= 15 is 0 Å². The van der Waals surface area contributed by atoms with E-state index in [0.29, 0.717) is 12.5 Å². The third kappa shape index (κ3) is 4.09. The van der Waals surface area contributed by atoms with Gasteiger partial charge in [0.25, 0.3) is 0 Å². The van der Waals surface area contributed by atoms with Crippen LogP contribution in [0.3, 0.4) is 0 Å². The lowest BCUT2D eigenvalue weighted by atomic mass is 10.3. The summed E-state index contributed by atoms with van der Waals surface area (Å²) in [7, 11) is 2.00. The van der Waals surface area contributed by atoms with Gasteiger partial charge in [-0.2, -0.15) is 0 Å². The predicted molar refractivity (Wildman–Crippen MR) is 94.4 cm³/mol. The monoisotopic (exact) mass is 387 g/mol. The maximum Gasteiger partial charge on any atom is 0.189 e. The van der Waals surface area contributed by atoms with Crippen molar-refractivity contribution >= 4 is 41.0 Å². The van der Waals surface area contributed by atoms with Crippen LogP contribution in [0.4, 0.5) is 0 Å². The number of para-hydroxylation sites is 2. The lowest BCUT2D eigenvalue weighted by Gasteiger charge is -2.04. The molecule has 0 fully saturated rings. The van der Waals surface area contributed by atoms with E-state index in [-0.39, 0.29) is 24.0 Å². The Morgan fingerprint density at radius 1 is 1.40 bits per heavy atom. The fraction of sp³-hybridized carbons (Fsp3) is 0.429. The Morgan fingerprint density at radius 2 is 2.15 bits per heavy atom. The summed E-state index contributed by atoms with van der Waals surface area (Å²) in [6.07, 6.45) is 2.24. The van der Waals surface area contributed by atoms with Crippen LogP contribution in [-0.4, -0.2) is 22.1 Å². The number of aliphatic imine (C=N–C) groups is 1. The highest BCUT2D eigenvalue weighted by atomic mass is 127. The minimum Gasteiger partial charge on any atom is -0.370 e. The van der Waals surface area contributed by atoms with Crippen molar-refractivity contribution in [3.63, 3.8) is 0 Å². The van der Waals surface area contributed by atoms with Crippen LogP contribution < -0.4 is 11.1 Å². The lowest BCUT2D eigenvalue weighted by Crippen LogP contribution is -2.32. The zero-order valence-electron chi connectivity index (χ0n) is 12.0. The average Bonchev–Trinajstić information content (AvgIpc) is 2.74. The first-order valence-corrected chi connectivity index (χ1v) is 6.66.